The maximum Gasteiger partial charge on any atom is 0.295 e. The molecule has 1 aromatic heterocycles. The summed E-state index contributed by atoms with van der Waals surface area (Å²) >= 11 is 0. The molecule has 1 heterocycles. The van der Waals surface area contributed by atoms with Gasteiger partial charge in [-0.3, -0.25) is 9.89 Å². The van der Waals surface area contributed by atoms with Gasteiger partial charge in [-0.25, -0.2) is 4.98 Å². The normalized spacial score (nSPS) is 10.7. The van der Waals surface area contributed by atoms with Crippen LogP contribution in [0.2, 0.25) is 0 Å². The Bertz CT molecular complexity index is 603. The van der Waals surface area contributed by atoms with Gasteiger partial charge in [-0.05, 0) is 52.0 Å². The summed E-state index contributed by atoms with van der Waals surface area (Å²) in [6.45, 7) is 9.14. The van der Waals surface area contributed by atoms with Gasteiger partial charge in [0, 0.05) is 24.0 Å². The monoisotopic (exact) mass is 287 g/mol. The number of aryl methyl sites for hydroxylation is 1. The van der Waals surface area contributed by atoms with E-state index in [1.54, 1.807) is 6.92 Å². The molecule has 0 aliphatic heterocycles. The van der Waals surface area contributed by atoms with Gasteiger partial charge in [0.05, 0.1) is 0 Å². The van der Waals surface area contributed by atoms with E-state index < -0.39 is 0 Å². The number of H-pyrrole nitrogens is 1. The highest BCUT2D eigenvalue weighted by Crippen LogP contribution is 2.20. The summed E-state index contributed by atoms with van der Waals surface area (Å²) in [6, 6.07) is 8.21. The maximum atomic E-state index is 11.9. The summed E-state index contributed by atoms with van der Waals surface area (Å²) in [5, 5.41) is 9.27. The summed E-state index contributed by atoms with van der Waals surface area (Å²) in [7, 11) is 0. The number of hydrogen-bond acceptors (Lipinski definition) is 4. The Morgan fingerprint density at radius 1 is 1.33 bits per heavy atom. The smallest absolute Gasteiger partial charge is 0.295 e. The fraction of sp³-hybridized carbons (Fsp3) is 0.400. The number of aromatic nitrogens is 3. The van der Waals surface area contributed by atoms with E-state index in [-0.39, 0.29) is 11.7 Å². The van der Waals surface area contributed by atoms with Crippen molar-refractivity contribution in [3.63, 3.8) is 0 Å². The first-order chi connectivity index (χ1) is 10.0. The molecule has 21 heavy (non-hydrogen) atoms. The molecule has 6 nitrogen and oxygen atoms in total. The Balaban J connectivity index is 2.07. The lowest BCUT2D eigenvalue weighted by molar-refractivity contribution is 0.101. The van der Waals surface area contributed by atoms with Gasteiger partial charge in [-0.2, -0.15) is 0 Å². The first-order valence-corrected chi connectivity index (χ1v) is 7.08. The third-order valence-electron chi connectivity index (χ3n) is 3.22. The molecule has 2 aromatic rings. The van der Waals surface area contributed by atoms with Crippen molar-refractivity contribution < 1.29 is 4.79 Å². The van der Waals surface area contributed by atoms with E-state index in [0.717, 1.165) is 17.9 Å². The molecule has 0 atom stereocenters. The van der Waals surface area contributed by atoms with Crippen molar-refractivity contribution in [2.75, 3.05) is 16.8 Å². The molecule has 0 saturated heterocycles. The van der Waals surface area contributed by atoms with E-state index in [1.165, 1.54) is 0 Å². The lowest BCUT2D eigenvalue weighted by atomic mass is 10.2. The lowest BCUT2D eigenvalue weighted by Gasteiger charge is -2.27. The summed E-state index contributed by atoms with van der Waals surface area (Å²) in [5.74, 6) is 0.447. The van der Waals surface area contributed by atoms with Gasteiger partial charge in [0.15, 0.2) is 0 Å². The van der Waals surface area contributed by atoms with Gasteiger partial charge < -0.3 is 10.2 Å². The van der Waals surface area contributed by atoms with E-state index >= 15 is 0 Å². The summed E-state index contributed by atoms with van der Waals surface area (Å²) in [6.07, 6.45) is 0. The van der Waals surface area contributed by atoms with Crippen LogP contribution in [-0.2, 0) is 0 Å². The third-order valence-corrected chi connectivity index (χ3v) is 3.22. The number of benzene rings is 1. The van der Waals surface area contributed by atoms with Gasteiger partial charge in [0.2, 0.25) is 5.82 Å². The standard InChI is InChI=1S/C15H21N5O/c1-5-20(10(2)3)13-8-6-12(7-9-13)17-15(21)14-16-11(4)18-19-14/h6-10H,5H2,1-4H3,(H,17,21)(H,16,18,19). The number of nitrogens with one attached hydrogen (secondary N) is 2. The van der Waals surface area contributed by atoms with Gasteiger partial charge in [-0.1, -0.05) is 0 Å². The fourth-order valence-corrected chi connectivity index (χ4v) is 2.21. The molecule has 112 valence electrons. The largest absolute Gasteiger partial charge is 0.369 e. The fourth-order valence-electron chi connectivity index (χ4n) is 2.21. The van der Waals surface area contributed by atoms with Crippen LogP contribution in [0.25, 0.3) is 0 Å². The minimum atomic E-state index is -0.316. The lowest BCUT2D eigenvalue weighted by Crippen LogP contribution is -2.30. The van der Waals surface area contributed by atoms with Crippen LogP contribution < -0.4 is 10.2 Å². The van der Waals surface area contributed by atoms with Gasteiger partial charge in [-0.15, -0.1) is 5.10 Å². The molecule has 0 saturated carbocycles. The first-order valence-electron chi connectivity index (χ1n) is 7.08. The van der Waals surface area contributed by atoms with Crippen molar-refractivity contribution in [3.05, 3.63) is 35.9 Å². The highest BCUT2D eigenvalue weighted by atomic mass is 16.2. The van der Waals surface area contributed by atoms with Gasteiger partial charge in [0.1, 0.15) is 5.82 Å². The van der Waals surface area contributed by atoms with E-state index in [4.69, 9.17) is 0 Å². The predicted octanol–water partition coefficient (Wildman–Crippen LogP) is 2.60. The molecule has 0 radical (unpaired) electrons. The molecule has 1 amide bonds. The maximum absolute atomic E-state index is 11.9. The predicted molar refractivity (Wildman–Crippen MR) is 83.7 cm³/mol. The highest BCUT2D eigenvalue weighted by molar-refractivity contribution is 6.01. The molecule has 0 aliphatic rings. The van der Waals surface area contributed by atoms with Crippen LogP contribution in [0.3, 0.4) is 0 Å². The minimum Gasteiger partial charge on any atom is -0.369 e. The molecule has 6 heteroatoms. The number of hydrogen-bond donors (Lipinski definition) is 2. The Labute approximate surface area is 124 Å². The van der Waals surface area contributed by atoms with Crippen LogP contribution in [0.5, 0.6) is 0 Å². The molecule has 0 fully saturated rings. The summed E-state index contributed by atoms with van der Waals surface area (Å²) < 4.78 is 0. The van der Waals surface area contributed by atoms with Crippen LogP contribution in [0.1, 0.15) is 37.2 Å². The average Bonchev–Trinajstić information content (AvgIpc) is 2.88. The Morgan fingerprint density at radius 2 is 2.00 bits per heavy atom. The Kier molecular flexibility index (Phi) is 4.57. The van der Waals surface area contributed by atoms with Crippen LogP contribution >= 0.6 is 0 Å². The van der Waals surface area contributed by atoms with Crippen molar-refractivity contribution in [3.8, 4) is 0 Å². The number of anilines is 2. The zero-order valence-electron chi connectivity index (χ0n) is 12.8. The van der Waals surface area contributed by atoms with Crippen LogP contribution in [0.15, 0.2) is 24.3 Å². The SMILES string of the molecule is CCN(c1ccc(NC(=O)c2n[nH]c(C)n2)cc1)C(C)C. The molecule has 2 N–H and O–H groups in total. The second-order valence-electron chi connectivity index (χ2n) is 5.13. The van der Waals surface area contributed by atoms with Crippen LogP contribution in [0, 0.1) is 6.92 Å². The van der Waals surface area contributed by atoms with E-state index in [1.807, 2.05) is 24.3 Å². The molecule has 0 spiro atoms. The topological polar surface area (TPSA) is 73.9 Å². The van der Waals surface area contributed by atoms with Crippen molar-refractivity contribution in [2.24, 2.45) is 0 Å². The first kappa shape index (κ1) is 15.0. The van der Waals surface area contributed by atoms with Crippen LogP contribution in [-0.4, -0.2) is 33.7 Å². The molecule has 0 aliphatic carbocycles. The number of amides is 1. The second-order valence-corrected chi connectivity index (χ2v) is 5.13. The number of nitrogens with zero attached hydrogens (tertiary/aromatic N) is 3. The third kappa shape index (κ3) is 3.59. The van der Waals surface area contributed by atoms with Crippen molar-refractivity contribution in [1.29, 1.82) is 0 Å². The van der Waals surface area contributed by atoms with E-state index in [0.29, 0.717) is 11.9 Å². The number of rotatable bonds is 5. The molecule has 0 bridgehead atoms. The second kappa shape index (κ2) is 6.39. The van der Waals surface area contributed by atoms with Crippen molar-refractivity contribution in [2.45, 2.75) is 33.7 Å². The quantitative estimate of drug-likeness (QED) is 0.886. The zero-order valence-corrected chi connectivity index (χ0v) is 12.8. The molecular formula is C15H21N5O. The number of aromatic amines is 1. The van der Waals surface area contributed by atoms with E-state index in [2.05, 4.69) is 46.2 Å². The molecule has 0 unspecified atom stereocenters. The molecule has 2 rings (SSSR count). The van der Waals surface area contributed by atoms with Gasteiger partial charge >= 0.3 is 0 Å². The number of carbonyl (C=O) groups is 1. The Hall–Kier alpha value is -2.37. The molecular weight excluding hydrogens is 266 g/mol. The summed E-state index contributed by atoms with van der Waals surface area (Å²) in [4.78, 5) is 18.2. The van der Waals surface area contributed by atoms with Crippen LogP contribution in [0.4, 0.5) is 11.4 Å². The molecule has 1 aromatic carbocycles. The van der Waals surface area contributed by atoms with Crippen molar-refractivity contribution >= 4 is 17.3 Å². The van der Waals surface area contributed by atoms with E-state index in [9.17, 15) is 4.79 Å². The Morgan fingerprint density at radius 3 is 2.48 bits per heavy atom. The van der Waals surface area contributed by atoms with Gasteiger partial charge in [0.25, 0.3) is 5.91 Å². The van der Waals surface area contributed by atoms with Crippen molar-refractivity contribution in [1.82, 2.24) is 15.2 Å². The summed E-state index contributed by atoms with van der Waals surface area (Å²) in [5.41, 5.74) is 1.87. The average molecular weight is 287 g/mol. The number of carbonyl (C=O) groups excluding carboxylic acids is 1. The minimum absolute atomic E-state index is 0.147. The highest BCUT2D eigenvalue weighted by Gasteiger charge is 2.12. The zero-order chi connectivity index (χ0) is 15.4.